The van der Waals surface area contributed by atoms with E-state index >= 15 is 0 Å². The number of benzene rings is 1. The maximum atomic E-state index is 12.0. The van der Waals surface area contributed by atoms with Gasteiger partial charge in [0, 0.05) is 18.3 Å². The van der Waals surface area contributed by atoms with Crippen LogP contribution < -0.4 is 4.74 Å². The average Bonchev–Trinajstić information content (AvgIpc) is 3.28. The number of ether oxygens (including phenoxy) is 3. The van der Waals surface area contributed by atoms with Gasteiger partial charge in [0.05, 0.1) is 24.9 Å². The number of carbonyl (C=O) groups excluding carboxylic acids is 1. The number of epoxide rings is 1. The molecule has 3 rings (SSSR count). The fraction of sp³-hybridized carbons (Fsp3) is 0.611. The van der Waals surface area contributed by atoms with E-state index in [1.807, 2.05) is 44.2 Å². The third kappa shape index (κ3) is 3.33. The highest BCUT2D eigenvalue weighted by atomic mass is 16.6. The lowest BCUT2D eigenvalue weighted by Gasteiger charge is -2.35. The Morgan fingerprint density at radius 1 is 1.32 bits per heavy atom. The van der Waals surface area contributed by atoms with E-state index in [1.165, 1.54) is 0 Å². The number of hydrogen-bond acceptors (Lipinski definition) is 4. The van der Waals surface area contributed by atoms with Gasteiger partial charge >= 0.3 is 0 Å². The van der Waals surface area contributed by atoms with Gasteiger partial charge in [0.2, 0.25) is 0 Å². The zero-order valence-electron chi connectivity index (χ0n) is 13.3. The van der Waals surface area contributed by atoms with Crippen LogP contribution in [0.4, 0.5) is 0 Å². The maximum absolute atomic E-state index is 12.0. The molecule has 0 bridgehead atoms. The molecule has 1 aliphatic heterocycles. The molecule has 120 valence electrons. The predicted molar refractivity (Wildman–Crippen MR) is 82.9 cm³/mol. The fourth-order valence-corrected chi connectivity index (χ4v) is 3.43. The first-order chi connectivity index (χ1) is 10.6. The molecule has 1 aromatic carbocycles. The minimum atomic E-state index is -0.104. The summed E-state index contributed by atoms with van der Waals surface area (Å²) in [5, 5.41) is 0. The molecular weight excluding hydrogens is 280 g/mol. The van der Waals surface area contributed by atoms with Gasteiger partial charge in [-0.15, -0.1) is 0 Å². The number of rotatable bonds is 6. The number of ketones is 1. The van der Waals surface area contributed by atoms with Crippen LogP contribution in [0.5, 0.6) is 5.75 Å². The van der Waals surface area contributed by atoms with E-state index in [0.29, 0.717) is 25.4 Å². The molecule has 1 aromatic rings. The zero-order chi connectivity index (χ0) is 15.6. The highest BCUT2D eigenvalue weighted by Crippen LogP contribution is 2.48. The molecule has 4 unspecified atom stereocenters. The fourth-order valence-electron chi connectivity index (χ4n) is 3.43. The summed E-state index contributed by atoms with van der Waals surface area (Å²) in [6, 6.07) is 9.71. The van der Waals surface area contributed by atoms with Crippen LogP contribution in [0.1, 0.15) is 26.7 Å². The second-order valence-corrected chi connectivity index (χ2v) is 6.47. The van der Waals surface area contributed by atoms with Crippen molar-refractivity contribution >= 4 is 5.78 Å². The third-order valence-corrected chi connectivity index (χ3v) is 4.86. The van der Waals surface area contributed by atoms with Crippen molar-refractivity contribution in [1.82, 2.24) is 0 Å². The van der Waals surface area contributed by atoms with Crippen molar-refractivity contribution in [3.63, 3.8) is 0 Å². The molecule has 22 heavy (non-hydrogen) atoms. The summed E-state index contributed by atoms with van der Waals surface area (Å²) in [5.41, 5.74) is -0.104. The standard InChI is InChI=1S/C18H24O4/c1-13-11-18(12-22-18)16(10-17(13)19)14(2)20-8-9-21-15-6-4-3-5-7-15/h3-7,13-14,16H,8-12H2,1-2H3. The molecule has 2 fully saturated rings. The molecule has 1 saturated heterocycles. The quantitative estimate of drug-likeness (QED) is 0.599. The van der Waals surface area contributed by atoms with Gasteiger partial charge < -0.3 is 14.2 Å². The minimum Gasteiger partial charge on any atom is -0.491 e. The van der Waals surface area contributed by atoms with E-state index in [1.54, 1.807) is 0 Å². The first kappa shape index (κ1) is 15.5. The number of Topliss-reactive ketones (excluding diaryl/α,β-unsaturated/α-hetero) is 1. The zero-order valence-corrected chi connectivity index (χ0v) is 13.3. The van der Waals surface area contributed by atoms with E-state index in [4.69, 9.17) is 14.2 Å². The average molecular weight is 304 g/mol. The third-order valence-electron chi connectivity index (χ3n) is 4.86. The van der Waals surface area contributed by atoms with Crippen LogP contribution in [0.15, 0.2) is 30.3 Å². The Hall–Kier alpha value is -1.39. The summed E-state index contributed by atoms with van der Waals surface area (Å²) in [7, 11) is 0. The number of carbonyl (C=O) groups is 1. The van der Waals surface area contributed by atoms with E-state index < -0.39 is 0 Å². The van der Waals surface area contributed by atoms with Crippen molar-refractivity contribution in [2.24, 2.45) is 11.8 Å². The summed E-state index contributed by atoms with van der Waals surface area (Å²) in [5.74, 6) is 1.48. The molecule has 1 heterocycles. The van der Waals surface area contributed by atoms with E-state index in [9.17, 15) is 4.79 Å². The van der Waals surface area contributed by atoms with Crippen molar-refractivity contribution in [3.8, 4) is 5.75 Å². The lowest BCUT2D eigenvalue weighted by Crippen LogP contribution is -2.43. The van der Waals surface area contributed by atoms with E-state index in [2.05, 4.69) is 0 Å². The monoisotopic (exact) mass is 304 g/mol. The SMILES string of the molecule is CC1CC2(CO2)C(C(C)OCCOc2ccccc2)CC1=O. The van der Waals surface area contributed by atoms with Gasteiger partial charge in [0.25, 0.3) is 0 Å². The van der Waals surface area contributed by atoms with Crippen molar-refractivity contribution in [2.45, 2.75) is 38.4 Å². The molecule has 0 radical (unpaired) electrons. The number of hydrogen-bond donors (Lipinski definition) is 0. The number of para-hydroxylation sites is 1. The van der Waals surface area contributed by atoms with E-state index in [0.717, 1.165) is 18.8 Å². The predicted octanol–water partition coefficient (Wildman–Crippen LogP) is 2.85. The second kappa shape index (κ2) is 6.39. The Morgan fingerprint density at radius 2 is 2.05 bits per heavy atom. The molecule has 0 amide bonds. The van der Waals surface area contributed by atoms with Gasteiger partial charge in [-0.05, 0) is 25.5 Å². The molecule has 4 heteroatoms. The van der Waals surface area contributed by atoms with Crippen molar-refractivity contribution in [2.75, 3.05) is 19.8 Å². The van der Waals surface area contributed by atoms with Crippen LogP contribution in [-0.2, 0) is 14.3 Å². The minimum absolute atomic E-state index is 0.0123. The molecule has 1 saturated carbocycles. The maximum Gasteiger partial charge on any atom is 0.136 e. The van der Waals surface area contributed by atoms with E-state index in [-0.39, 0.29) is 23.5 Å². The van der Waals surface area contributed by atoms with Crippen LogP contribution in [-0.4, -0.2) is 37.3 Å². The Balaban J connectivity index is 1.45. The summed E-state index contributed by atoms with van der Waals surface area (Å²) >= 11 is 0. The van der Waals surface area contributed by atoms with Crippen molar-refractivity contribution in [1.29, 1.82) is 0 Å². The summed E-state index contributed by atoms with van der Waals surface area (Å²) in [6.45, 7) is 5.84. The Labute approximate surface area is 131 Å². The van der Waals surface area contributed by atoms with Crippen LogP contribution >= 0.6 is 0 Å². The molecular formula is C18H24O4. The lowest BCUT2D eigenvalue weighted by molar-refractivity contribution is -0.131. The van der Waals surface area contributed by atoms with Gasteiger partial charge in [0.15, 0.2) is 0 Å². The first-order valence-electron chi connectivity index (χ1n) is 8.07. The van der Waals surface area contributed by atoms with Gasteiger partial charge in [-0.25, -0.2) is 0 Å². The van der Waals surface area contributed by atoms with Gasteiger partial charge in [-0.3, -0.25) is 4.79 Å². The summed E-state index contributed by atoms with van der Waals surface area (Å²) in [4.78, 5) is 12.0. The van der Waals surface area contributed by atoms with Gasteiger partial charge in [0.1, 0.15) is 18.1 Å². The van der Waals surface area contributed by atoms with Gasteiger partial charge in [-0.2, -0.15) is 0 Å². The lowest BCUT2D eigenvalue weighted by atomic mass is 9.72. The highest BCUT2D eigenvalue weighted by molar-refractivity contribution is 5.82. The van der Waals surface area contributed by atoms with Crippen LogP contribution in [0.2, 0.25) is 0 Å². The van der Waals surface area contributed by atoms with Crippen molar-refractivity contribution < 1.29 is 19.0 Å². The highest BCUT2D eigenvalue weighted by Gasteiger charge is 2.57. The molecule has 2 aliphatic rings. The molecule has 1 spiro atoms. The van der Waals surface area contributed by atoms with Crippen molar-refractivity contribution in [3.05, 3.63) is 30.3 Å². The van der Waals surface area contributed by atoms with Crippen LogP contribution in [0.3, 0.4) is 0 Å². The molecule has 1 aliphatic carbocycles. The first-order valence-corrected chi connectivity index (χ1v) is 8.07. The smallest absolute Gasteiger partial charge is 0.136 e. The normalized spacial score (nSPS) is 32.0. The van der Waals surface area contributed by atoms with Gasteiger partial charge in [-0.1, -0.05) is 25.1 Å². The largest absolute Gasteiger partial charge is 0.491 e. The molecule has 4 atom stereocenters. The Bertz CT molecular complexity index is 509. The summed E-state index contributed by atoms with van der Waals surface area (Å²) in [6.07, 6.45) is 1.42. The molecule has 0 N–H and O–H groups in total. The van der Waals surface area contributed by atoms with Crippen LogP contribution in [0, 0.1) is 11.8 Å². The topological polar surface area (TPSA) is 48.1 Å². The summed E-state index contributed by atoms with van der Waals surface area (Å²) < 4.78 is 17.2. The second-order valence-electron chi connectivity index (χ2n) is 6.47. The molecule has 4 nitrogen and oxygen atoms in total. The molecule has 0 aromatic heterocycles. The Kier molecular flexibility index (Phi) is 4.50. The Morgan fingerprint density at radius 3 is 2.73 bits per heavy atom. The van der Waals surface area contributed by atoms with Crippen LogP contribution in [0.25, 0.3) is 0 Å².